The lowest BCUT2D eigenvalue weighted by atomic mass is 9.93. The Bertz CT molecular complexity index is 2090. The number of pyridine rings is 1. The molecule has 0 saturated carbocycles. The summed E-state index contributed by atoms with van der Waals surface area (Å²) in [5.74, 6) is 1.44. The molecule has 59 heavy (non-hydrogen) atoms. The molecule has 3 aromatic carbocycles. The number of likely N-dealkylation sites (tertiary alicyclic amines) is 2. The van der Waals surface area contributed by atoms with Crippen molar-refractivity contribution < 1.29 is 28.8 Å². The van der Waals surface area contributed by atoms with Gasteiger partial charge in [0.2, 0.25) is 0 Å². The highest BCUT2D eigenvalue weighted by molar-refractivity contribution is 5.74. The van der Waals surface area contributed by atoms with Gasteiger partial charge in [-0.1, -0.05) is 36.8 Å². The number of piperidine rings is 2. The standard InChI is InChI=1S/C48H59N5O6/c1-34-25-40(31-53-17-5-4-12-44(53)48(54)55)47(58-32-38-26-37(28-49)29-50-30-38)27-46(34)59-33-39-9-6-10-42(35(39)2)43-11-7-13-45(36(43)3)57-22-8-16-51-18-14-41(15-19-51)52-20-23-56-24-21-52/h6-7,9-11,13,25-27,29-30,41,44H,4-5,8,12,14-24,31-33H2,1-3H3,(H,54,55)/t44-/m0/s1. The minimum absolute atomic E-state index is 0.207. The molecule has 1 aromatic heterocycles. The lowest BCUT2D eigenvalue weighted by molar-refractivity contribution is -0.144. The molecular formula is C48H59N5O6. The number of carboxylic acids is 1. The Morgan fingerprint density at radius 2 is 1.59 bits per heavy atom. The van der Waals surface area contributed by atoms with Crippen LogP contribution in [0.15, 0.2) is 67.0 Å². The Morgan fingerprint density at radius 1 is 0.831 bits per heavy atom. The number of ether oxygens (including phenoxy) is 4. The van der Waals surface area contributed by atoms with Gasteiger partial charge in [-0.2, -0.15) is 5.26 Å². The zero-order valence-electron chi connectivity index (χ0n) is 35.0. The highest BCUT2D eigenvalue weighted by atomic mass is 16.5. The molecule has 0 bridgehead atoms. The van der Waals surface area contributed by atoms with Gasteiger partial charge in [-0.15, -0.1) is 0 Å². The summed E-state index contributed by atoms with van der Waals surface area (Å²) in [5.41, 5.74) is 8.72. The van der Waals surface area contributed by atoms with E-state index >= 15 is 0 Å². The Hall–Kier alpha value is -4.99. The van der Waals surface area contributed by atoms with E-state index in [1.54, 1.807) is 12.3 Å². The van der Waals surface area contributed by atoms with Crippen molar-refractivity contribution in [2.75, 3.05) is 59.1 Å². The van der Waals surface area contributed by atoms with Gasteiger partial charge in [-0.05, 0) is 124 Å². The second-order valence-corrected chi connectivity index (χ2v) is 16.3. The molecule has 3 fully saturated rings. The zero-order valence-corrected chi connectivity index (χ0v) is 35.0. The van der Waals surface area contributed by atoms with E-state index in [0.717, 1.165) is 115 Å². The van der Waals surface area contributed by atoms with Crippen molar-refractivity contribution in [3.8, 4) is 34.4 Å². The maximum Gasteiger partial charge on any atom is 0.320 e. The first-order chi connectivity index (χ1) is 28.8. The van der Waals surface area contributed by atoms with Crippen LogP contribution in [0.25, 0.3) is 11.1 Å². The second-order valence-electron chi connectivity index (χ2n) is 16.3. The van der Waals surface area contributed by atoms with Crippen molar-refractivity contribution >= 4 is 5.97 Å². The summed E-state index contributed by atoms with van der Waals surface area (Å²) >= 11 is 0. The Labute approximate surface area is 349 Å². The number of aromatic nitrogens is 1. The van der Waals surface area contributed by atoms with Gasteiger partial charge in [0.05, 0.1) is 25.4 Å². The monoisotopic (exact) mass is 801 g/mol. The van der Waals surface area contributed by atoms with Gasteiger partial charge in [0.15, 0.2) is 0 Å². The molecule has 0 unspecified atom stereocenters. The molecule has 4 heterocycles. The molecule has 11 nitrogen and oxygen atoms in total. The number of carboxylic acid groups (broad SMARTS) is 1. The highest BCUT2D eigenvalue weighted by Crippen LogP contribution is 2.36. The van der Waals surface area contributed by atoms with E-state index in [9.17, 15) is 15.2 Å². The summed E-state index contributed by atoms with van der Waals surface area (Å²) in [6.07, 6.45) is 9.17. The van der Waals surface area contributed by atoms with Crippen molar-refractivity contribution in [1.29, 1.82) is 5.26 Å². The van der Waals surface area contributed by atoms with Crippen LogP contribution in [0.2, 0.25) is 0 Å². The van der Waals surface area contributed by atoms with Crippen LogP contribution in [0, 0.1) is 32.1 Å². The SMILES string of the molecule is Cc1cc(CN2CCCC[C@H]2C(=O)O)c(OCc2cncc(C#N)c2)cc1OCc1cccc(-c2cccc(OCCCN3CCC(N4CCOCC4)CC3)c2C)c1C. The summed E-state index contributed by atoms with van der Waals surface area (Å²) in [4.78, 5) is 23.6. The van der Waals surface area contributed by atoms with Crippen LogP contribution in [0.3, 0.4) is 0 Å². The van der Waals surface area contributed by atoms with Crippen LogP contribution < -0.4 is 14.2 Å². The number of rotatable bonds is 16. The molecule has 4 aromatic rings. The van der Waals surface area contributed by atoms with Gasteiger partial charge in [-0.25, -0.2) is 0 Å². The molecule has 0 amide bonds. The third kappa shape index (κ3) is 10.8. The maximum absolute atomic E-state index is 12.1. The number of benzene rings is 3. The predicted molar refractivity (Wildman–Crippen MR) is 228 cm³/mol. The van der Waals surface area contributed by atoms with Gasteiger partial charge < -0.3 is 29.0 Å². The molecule has 312 valence electrons. The van der Waals surface area contributed by atoms with E-state index in [0.29, 0.717) is 55.8 Å². The summed E-state index contributed by atoms with van der Waals surface area (Å²) in [7, 11) is 0. The number of hydrogen-bond acceptors (Lipinski definition) is 10. The van der Waals surface area contributed by atoms with Crippen LogP contribution in [-0.4, -0.2) is 102 Å². The Kier molecular flexibility index (Phi) is 14.5. The van der Waals surface area contributed by atoms with Gasteiger partial charge in [0, 0.05) is 61.8 Å². The molecule has 1 N–H and O–H groups in total. The highest BCUT2D eigenvalue weighted by Gasteiger charge is 2.30. The topological polar surface area (TPSA) is 121 Å². The summed E-state index contributed by atoms with van der Waals surface area (Å²) in [6, 6.07) is 20.7. The van der Waals surface area contributed by atoms with Crippen molar-refractivity contribution in [2.45, 2.75) is 91.1 Å². The molecule has 0 spiro atoms. The average molecular weight is 802 g/mol. The summed E-state index contributed by atoms with van der Waals surface area (Å²) in [6.45, 7) is 16.0. The fourth-order valence-electron chi connectivity index (χ4n) is 8.88. The summed E-state index contributed by atoms with van der Waals surface area (Å²) in [5, 5.41) is 19.4. The van der Waals surface area contributed by atoms with E-state index < -0.39 is 12.0 Å². The van der Waals surface area contributed by atoms with Gasteiger partial charge >= 0.3 is 5.97 Å². The number of morpholine rings is 1. The number of aryl methyl sites for hydroxylation is 1. The van der Waals surface area contributed by atoms with E-state index in [1.807, 2.05) is 17.9 Å². The van der Waals surface area contributed by atoms with E-state index in [4.69, 9.17) is 18.9 Å². The summed E-state index contributed by atoms with van der Waals surface area (Å²) < 4.78 is 24.9. The maximum atomic E-state index is 12.1. The number of nitriles is 1. The first kappa shape index (κ1) is 42.1. The zero-order chi connectivity index (χ0) is 41.1. The Balaban J connectivity index is 1.00. The molecule has 3 aliphatic rings. The molecule has 3 aliphatic heterocycles. The lowest BCUT2D eigenvalue weighted by Crippen LogP contribution is -2.49. The quantitative estimate of drug-likeness (QED) is 0.112. The van der Waals surface area contributed by atoms with Gasteiger partial charge in [-0.3, -0.25) is 19.6 Å². The largest absolute Gasteiger partial charge is 0.493 e. The molecule has 0 aliphatic carbocycles. The fraction of sp³-hybridized carbons (Fsp3) is 0.479. The first-order valence-electron chi connectivity index (χ1n) is 21.3. The normalized spacial score (nSPS) is 18.3. The molecule has 1 atom stereocenters. The van der Waals surface area contributed by atoms with Crippen molar-refractivity contribution in [1.82, 2.24) is 19.7 Å². The number of hydrogen-bond donors (Lipinski definition) is 1. The van der Waals surface area contributed by atoms with Crippen molar-refractivity contribution in [3.05, 3.63) is 106 Å². The van der Waals surface area contributed by atoms with Crippen LogP contribution >= 0.6 is 0 Å². The number of nitrogens with zero attached hydrogens (tertiary/aromatic N) is 5. The van der Waals surface area contributed by atoms with Crippen LogP contribution in [0.4, 0.5) is 0 Å². The third-order valence-corrected chi connectivity index (χ3v) is 12.3. The molecular weight excluding hydrogens is 743 g/mol. The van der Waals surface area contributed by atoms with Gasteiger partial charge in [0.25, 0.3) is 0 Å². The van der Waals surface area contributed by atoms with Crippen molar-refractivity contribution in [2.24, 2.45) is 0 Å². The van der Waals surface area contributed by atoms with Crippen LogP contribution in [0.5, 0.6) is 17.2 Å². The van der Waals surface area contributed by atoms with Crippen LogP contribution in [-0.2, 0) is 29.3 Å². The molecule has 7 rings (SSSR count). The second kappa shape index (κ2) is 20.3. The number of aliphatic carboxylic acids is 1. The van der Waals surface area contributed by atoms with E-state index in [-0.39, 0.29) is 6.61 Å². The number of carbonyl (C=O) groups is 1. The van der Waals surface area contributed by atoms with Crippen molar-refractivity contribution in [3.63, 3.8) is 0 Å². The average Bonchev–Trinajstić information content (AvgIpc) is 3.26. The minimum atomic E-state index is -0.795. The van der Waals surface area contributed by atoms with Gasteiger partial charge in [0.1, 0.15) is 42.6 Å². The molecule has 3 saturated heterocycles. The van der Waals surface area contributed by atoms with E-state index in [2.05, 4.69) is 77.2 Å². The van der Waals surface area contributed by atoms with E-state index in [1.165, 1.54) is 19.0 Å². The third-order valence-electron chi connectivity index (χ3n) is 12.3. The Morgan fingerprint density at radius 3 is 2.37 bits per heavy atom. The molecule has 11 heteroatoms. The first-order valence-corrected chi connectivity index (χ1v) is 21.3. The minimum Gasteiger partial charge on any atom is -0.493 e. The fourth-order valence-corrected chi connectivity index (χ4v) is 8.88. The predicted octanol–water partition coefficient (Wildman–Crippen LogP) is 7.71. The smallest absolute Gasteiger partial charge is 0.320 e. The molecule has 0 radical (unpaired) electrons. The van der Waals surface area contributed by atoms with Crippen LogP contribution in [0.1, 0.15) is 77.5 Å². The lowest BCUT2D eigenvalue weighted by Gasteiger charge is -2.40.